The van der Waals surface area contributed by atoms with Crippen LogP contribution < -0.4 is 5.73 Å². The summed E-state index contributed by atoms with van der Waals surface area (Å²) in [7, 11) is 0. The van der Waals surface area contributed by atoms with E-state index in [9.17, 15) is 0 Å². The quantitative estimate of drug-likeness (QED) is 0.832. The van der Waals surface area contributed by atoms with Gasteiger partial charge >= 0.3 is 0 Å². The molecule has 1 aliphatic heterocycles. The van der Waals surface area contributed by atoms with Gasteiger partial charge in [0.1, 0.15) is 0 Å². The molecule has 1 saturated carbocycles. The van der Waals surface area contributed by atoms with Crippen LogP contribution in [-0.4, -0.2) is 28.0 Å². The van der Waals surface area contributed by atoms with Crippen LogP contribution in [0.3, 0.4) is 0 Å². The first-order chi connectivity index (χ1) is 8.09. The Kier molecular flexibility index (Phi) is 5.14. The van der Waals surface area contributed by atoms with Gasteiger partial charge in [0, 0.05) is 28.0 Å². The van der Waals surface area contributed by atoms with Crippen LogP contribution in [0.5, 0.6) is 0 Å². The van der Waals surface area contributed by atoms with E-state index >= 15 is 0 Å². The summed E-state index contributed by atoms with van der Waals surface area (Å²) in [5.41, 5.74) is 6.59. The smallest absolute Gasteiger partial charge is 0.0318 e. The molecular weight excluding hydrogens is 246 g/mol. The van der Waals surface area contributed by atoms with Crippen LogP contribution in [0.15, 0.2) is 0 Å². The molecule has 2 aliphatic rings. The maximum absolute atomic E-state index is 6.59. The fraction of sp³-hybridized carbons (Fsp3) is 1.00. The minimum absolute atomic E-state index is 0.428. The standard InChI is InChI=1S/C14H27NS2/c1-9-4-5-12(8-10(9)2)13(15)14-11(3)16-6-7-17-14/h9-14H,4-8,15H2,1-3H3. The van der Waals surface area contributed by atoms with Crippen molar-refractivity contribution in [2.45, 2.75) is 56.6 Å². The van der Waals surface area contributed by atoms with E-state index in [1.807, 2.05) is 0 Å². The molecule has 0 aromatic heterocycles. The van der Waals surface area contributed by atoms with Crippen molar-refractivity contribution >= 4 is 23.5 Å². The second kappa shape index (κ2) is 6.21. The van der Waals surface area contributed by atoms with Crippen LogP contribution >= 0.6 is 23.5 Å². The summed E-state index contributed by atoms with van der Waals surface area (Å²) in [6, 6.07) is 0.428. The molecule has 0 spiro atoms. The molecule has 1 aliphatic carbocycles. The highest BCUT2D eigenvalue weighted by Gasteiger charge is 2.36. The molecule has 0 aromatic carbocycles. The number of rotatable bonds is 2. The lowest BCUT2D eigenvalue weighted by molar-refractivity contribution is 0.184. The fourth-order valence-corrected chi connectivity index (χ4v) is 6.25. The Balaban J connectivity index is 1.92. The monoisotopic (exact) mass is 273 g/mol. The number of thioether (sulfide) groups is 2. The van der Waals surface area contributed by atoms with Gasteiger partial charge in [-0.1, -0.05) is 27.2 Å². The van der Waals surface area contributed by atoms with E-state index in [0.29, 0.717) is 11.3 Å². The predicted molar refractivity (Wildman–Crippen MR) is 81.8 cm³/mol. The van der Waals surface area contributed by atoms with Crippen molar-refractivity contribution in [3.05, 3.63) is 0 Å². The highest BCUT2D eigenvalue weighted by molar-refractivity contribution is 8.07. The van der Waals surface area contributed by atoms with Crippen molar-refractivity contribution in [1.29, 1.82) is 0 Å². The van der Waals surface area contributed by atoms with Crippen molar-refractivity contribution < 1.29 is 0 Å². The molecule has 6 unspecified atom stereocenters. The van der Waals surface area contributed by atoms with Crippen molar-refractivity contribution in [2.24, 2.45) is 23.5 Å². The van der Waals surface area contributed by atoms with E-state index in [1.165, 1.54) is 30.8 Å². The minimum atomic E-state index is 0.428. The average Bonchev–Trinajstić information content (AvgIpc) is 2.32. The second-order valence-electron chi connectivity index (χ2n) is 6.02. The Morgan fingerprint density at radius 2 is 1.71 bits per heavy atom. The zero-order valence-corrected chi connectivity index (χ0v) is 13.0. The highest BCUT2D eigenvalue weighted by atomic mass is 32.2. The van der Waals surface area contributed by atoms with Gasteiger partial charge in [-0.2, -0.15) is 23.5 Å². The van der Waals surface area contributed by atoms with Crippen molar-refractivity contribution in [3.8, 4) is 0 Å². The Morgan fingerprint density at radius 1 is 1.00 bits per heavy atom. The van der Waals surface area contributed by atoms with Gasteiger partial charge in [-0.15, -0.1) is 0 Å². The Hall–Kier alpha value is 0.660. The summed E-state index contributed by atoms with van der Waals surface area (Å²) in [5, 5.41) is 1.44. The van der Waals surface area contributed by atoms with Crippen molar-refractivity contribution in [3.63, 3.8) is 0 Å². The van der Waals surface area contributed by atoms with Gasteiger partial charge in [0.25, 0.3) is 0 Å². The maximum atomic E-state index is 6.59. The SMILES string of the molecule is CC1CCC(C(N)C2SCCSC2C)CC1C. The van der Waals surface area contributed by atoms with Gasteiger partial charge in [-0.05, 0) is 30.6 Å². The Labute approximate surface area is 115 Å². The number of hydrogen-bond acceptors (Lipinski definition) is 3. The van der Waals surface area contributed by atoms with Gasteiger partial charge in [0.05, 0.1) is 0 Å². The average molecular weight is 274 g/mol. The van der Waals surface area contributed by atoms with Gasteiger partial charge < -0.3 is 5.73 Å². The van der Waals surface area contributed by atoms with Gasteiger partial charge in [0.2, 0.25) is 0 Å². The minimum Gasteiger partial charge on any atom is -0.326 e. The summed E-state index contributed by atoms with van der Waals surface area (Å²) < 4.78 is 0. The molecule has 0 aromatic rings. The van der Waals surface area contributed by atoms with Gasteiger partial charge in [-0.25, -0.2) is 0 Å². The normalized spacial score (nSPS) is 45.5. The lowest BCUT2D eigenvalue weighted by Gasteiger charge is -2.41. The Morgan fingerprint density at radius 3 is 2.35 bits per heavy atom. The van der Waals surface area contributed by atoms with Crippen LogP contribution in [0.2, 0.25) is 0 Å². The van der Waals surface area contributed by atoms with Crippen molar-refractivity contribution in [2.75, 3.05) is 11.5 Å². The van der Waals surface area contributed by atoms with Gasteiger partial charge in [-0.3, -0.25) is 0 Å². The van der Waals surface area contributed by atoms with Crippen LogP contribution in [0, 0.1) is 17.8 Å². The molecule has 2 fully saturated rings. The summed E-state index contributed by atoms with van der Waals surface area (Å²) in [6.45, 7) is 7.19. The molecule has 6 atom stereocenters. The van der Waals surface area contributed by atoms with Crippen LogP contribution in [-0.2, 0) is 0 Å². The first kappa shape index (κ1) is 14.1. The zero-order chi connectivity index (χ0) is 12.4. The molecule has 1 heterocycles. The number of hydrogen-bond donors (Lipinski definition) is 1. The first-order valence-corrected chi connectivity index (χ1v) is 9.18. The highest BCUT2D eigenvalue weighted by Crippen LogP contribution is 2.40. The maximum Gasteiger partial charge on any atom is 0.0318 e. The lowest BCUT2D eigenvalue weighted by atomic mass is 9.72. The van der Waals surface area contributed by atoms with Gasteiger partial charge in [0.15, 0.2) is 0 Å². The summed E-state index contributed by atoms with van der Waals surface area (Å²) >= 11 is 4.25. The van der Waals surface area contributed by atoms with E-state index in [0.717, 1.165) is 23.0 Å². The van der Waals surface area contributed by atoms with E-state index < -0.39 is 0 Å². The molecule has 2 N–H and O–H groups in total. The fourth-order valence-electron chi connectivity index (χ4n) is 3.28. The third-order valence-electron chi connectivity index (χ3n) is 4.80. The summed E-state index contributed by atoms with van der Waals surface area (Å²) in [4.78, 5) is 0. The molecule has 1 nitrogen and oxygen atoms in total. The largest absolute Gasteiger partial charge is 0.326 e. The van der Waals surface area contributed by atoms with Crippen LogP contribution in [0.1, 0.15) is 40.0 Å². The number of nitrogens with two attached hydrogens (primary N) is 1. The summed E-state index contributed by atoms with van der Waals surface area (Å²) in [6.07, 6.45) is 4.11. The second-order valence-corrected chi connectivity index (χ2v) is 8.79. The van der Waals surface area contributed by atoms with Crippen molar-refractivity contribution in [1.82, 2.24) is 0 Å². The molecule has 100 valence electrons. The molecule has 17 heavy (non-hydrogen) atoms. The first-order valence-electron chi connectivity index (χ1n) is 7.08. The molecule has 0 bridgehead atoms. The van der Waals surface area contributed by atoms with Crippen LogP contribution in [0.25, 0.3) is 0 Å². The lowest BCUT2D eigenvalue weighted by Crippen LogP contribution is -2.47. The molecular formula is C14H27NS2. The van der Waals surface area contributed by atoms with Crippen LogP contribution in [0.4, 0.5) is 0 Å². The topological polar surface area (TPSA) is 26.0 Å². The third kappa shape index (κ3) is 3.36. The molecule has 0 radical (unpaired) electrons. The molecule has 3 heteroatoms. The molecule has 1 saturated heterocycles. The summed E-state index contributed by atoms with van der Waals surface area (Å²) in [5.74, 6) is 5.17. The molecule has 2 rings (SSSR count). The van der Waals surface area contributed by atoms with E-state index in [-0.39, 0.29) is 0 Å². The third-order valence-corrected chi connectivity index (χ3v) is 8.04. The van der Waals surface area contributed by atoms with E-state index in [2.05, 4.69) is 44.3 Å². The molecule has 0 amide bonds. The van der Waals surface area contributed by atoms with E-state index in [1.54, 1.807) is 0 Å². The predicted octanol–water partition coefficient (Wildman–Crippen LogP) is 3.62. The van der Waals surface area contributed by atoms with E-state index in [4.69, 9.17) is 5.73 Å². The zero-order valence-electron chi connectivity index (χ0n) is 11.4. The Bertz CT molecular complexity index is 246.